The summed E-state index contributed by atoms with van der Waals surface area (Å²) >= 11 is 0. The van der Waals surface area contributed by atoms with Crippen LogP contribution in [0.1, 0.15) is 44.7 Å². The van der Waals surface area contributed by atoms with E-state index in [2.05, 4.69) is 58.0 Å². The van der Waals surface area contributed by atoms with E-state index in [4.69, 9.17) is 24.4 Å². The number of aliphatic hydroxyl groups excluding tert-OH is 1. The zero-order chi connectivity index (χ0) is 42.1. The average molecular weight is 827 g/mol. The summed E-state index contributed by atoms with van der Waals surface area (Å²) in [6, 6.07) is 24.8. The highest BCUT2D eigenvalue weighted by Gasteiger charge is 2.19. The Kier molecular flexibility index (Phi) is 16.1. The lowest BCUT2D eigenvalue weighted by atomic mass is 10.1. The van der Waals surface area contributed by atoms with Crippen LogP contribution in [0.4, 0.5) is 8.78 Å². The highest BCUT2D eigenvalue weighted by atomic mass is 19.1. The van der Waals surface area contributed by atoms with Gasteiger partial charge in [-0.1, -0.05) is 48.5 Å². The van der Waals surface area contributed by atoms with E-state index in [1.54, 1.807) is 12.1 Å². The maximum atomic E-state index is 13.9. The van der Waals surface area contributed by atoms with E-state index in [0.29, 0.717) is 33.5 Å². The lowest BCUT2D eigenvalue weighted by molar-refractivity contribution is 0.0601. The van der Waals surface area contributed by atoms with Crippen LogP contribution in [0.15, 0.2) is 93.8 Å². The number of esters is 1. The van der Waals surface area contributed by atoms with Gasteiger partial charge in [0.25, 0.3) is 5.91 Å². The van der Waals surface area contributed by atoms with Gasteiger partial charge in [-0.25, -0.2) is 13.6 Å². The third-order valence-corrected chi connectivity index (χ3v) is 10.7. The second-order valence-corrected chi connectivity index (χ2v) is 15.1. The Morgan fingerprint density at radius 2 is 1.05 bits per heavy atom. The van der Waals surface area contributed by atoms with Gasteiger partial charge in [-0.15, -0.1) is 0 Å². The second-order valence-electron chi connectivity index (χ2n) is 15.1. The molecule has 12 nitrogen and oxygen atoms in total. The van der Waals surface area contributed by atoms with Gasteiger partial charge in [0, 0.05) is 68.3 Å². The molecule has 0 radical (unpaired) electrons. The summed E-state index contributed by atoms with van der Waals surface area (Å²) in [5.74, 6) is -1.14. The molecule has 4 aromatic carbocycles. The van der Waals surface area contributed by atoms with E-state index < -0.39 is 23.5 Å². The number of carbonyl (C=O) groups is 2. The van der Waals surface area contributed by atoms with Crippen molar-refractivity contribution >= 4 is 33.8 Å². The van der Waals surface area contributed by atoms with Gasteiger partial charge in [0.1, 0.15) is 39.9 Å². The molecule has 1 amide bonds. The lowest BCUT2D eigenvalue weighted by Gasteiger charge is -2.20. The smallest absolute Gasteiger partial charge is 0.341 e. The summed E-state index contributed by atoms with van der Waals surface area (Å²) < 4.78 is 44.1. The summed E-state index contributed by atoms with van der Waals surface area (Å²) in [5.41, 5.74) is 10.4. The molecule has 2 aliphatic heterocycles. The van der Waals surface area contributed by atoms with Gasteiger partial charge in [-0.3, -0.25) is 14.6 Å². The van der Waals surface area contributed by atoms with Crippen LogP contribution < -0.4 is 11.9 Å². The Balaban J connectivity index is 0.000000215. The van der Waals surface area contributed by atoms with Crippen LogP contribution in [0, 0.1) is 11.6 Å². The number of carbonyl (C=O) groups excluding carboxylic acids is 2. The third-order valence-electron chi connectivity index (χ3n) is 10.7. The van der Waals surface area contributed by atoms with Crippen molar-refractivity contribution in [2.45, 2.75) is 25.9 Å². The van der Waals surface area contributed by atoms with Crippen molar-refractivity contribution in [3.63, 3.8) is 0 Å². The van der Waals surface area contributed by atoms with Crippen molar-refractivity contribution in [3.05, 3.63) is 119 Å². The number of halogens is 2. The van der Waals surface area contributed by atoms with Crippen LogP contribution in [0.2, 0.25) is 0 Å². The maximum absolute atomic E-state index is 13.9. The number of ether oxygens (including phenoxy) is 1. The van der Waals surface area contributed by atoms with Gasteiger partial charge in [0.2, 0.25) is 0 Å². The van der Waals surface area contributed by atoms with E-state index >= 15 is 0 Å². The second kappa shape index (κ2) is 21.2. The number of likely N-dealkylation sites (N-methyl/N-ethyl adjacent to an activating group) is 2. The summed E-state index contributed by atoms with van der Waals surface area (Å²) in [6.45, 7) is 10.7. The van der Waals surface area contributed by atoms with E-state index in [9.17, 15) is 18.4 Å². The van der Waals surface area contributed by atoms with Crippen molar-refractivity contribution in [2.24, 2.45) is 5.73 Å². The minimum atomic E-state index is -0.705. The number of hydrogen-bond donors (Lipinski definition) is 3. The number of hydrogen-bond acceptors (Lipinski definition) is 11. The predicted molar refractivity (Wildman–Crippen MR) is 231 cm³/mol. The van der Waals surface area contributed by atoms with Crippen molar-refractivity contribution in [3.8, 4) is 22.6 Å². The standard InChI is InChI=1S/C23H25FN2O3.C22H24FN3O2.CH4O.H3N/c1-25-8-3-9-26(11-10-25)15-16-4-6-17(7-5-16)21-13-18-12-19(24)14-20(22(18)29-21)23(27)28-2;1-25-7-2-8-26(10-9-25)14-15-3-5-16(6-4-15)20-12-17-11-18(23)13-19(22(24)27)21(17)28-20;1-2;/h4-7,12-14H,3,8-11,15H2,1-2H3;3-6,11-13H,2,7-10,14H2,1H3,(H2,24,27);2H,1H3;1H3. The fraction of sp³-hybridized carbons (Fsp3) is 0.348. The quantitative estimate of drug-likeness (QED) is 0.131. The Hall–Kier alpha value is -5.48. The molecule has 2 saturated heterocycles. The first-order chi connectivity index (χ1) is 28.5. The topological polar surface area (TPSA) is 164 Å². The van der Waals surface area contributed by atoms with E-state index in [-0.39, 0.29) is 17.3 Å². The molecule has 0 saturated carbocycles. The zero-order valence-corrected chi connectivity index (χ0v) is 34.9. The van der Waals surface area contributed by atoms with Gasteiger partial charge in [-0.2, -0.15) is 0 Å². The molecule has 60 heavy (non-hydrogen) atoms. The number of rotatable bonds is 8. The van der Waals surface area contributed by atoms with E-state index in [1.807, 2.05) is 24.3 Å². The fourth-order valence-corrected chi connectivity index (χ4v) is 7.54. The molecular formula is C46H56F2N6O6. The fourth-order valence-electron chi connectivity index (χ4n) is 7.54. The molecule has 2 aliphatic rings. The van der Waals surface area contributed by atoms with E-state index in [0.717, 1.165) is 95.8 Å². The molecule has 0 spiro atoms. The molecule has 6 aromatic rings. The molecule has 0 unspecified atom stereocenters. The number of furan rings is 2. The molecule has 2 fully saturated rings. The minimum Gasteiger partial charge on any atom is -0.465 e. The van der Waals surface area contributed by atoms with Crippen molar-refractivity contribution < 1.29 is 37.0 Å². The van der Waals surface area contributed by atoms with Gasteiger partial charge >= 0.3 is 5.97 Å². The molecule has 14 heteroatoms. The maximum Gasteiger partial charge on any atom is 0.341 e. The summed E-state index contributed by atoms with van der Waals surface area (Å²) in [7, 11) is 6.61. The van der Waals surface area contributed by atoms with Gasteiger partial charge < -0.3 is 40.4 Å². The normalized spacial score (nSPS) is 15.5. The van der Waals surface area contributed by atoms with Gasteiger partial charge in [0.15, 0.2) is 0 Å². The SMILES string of the molecule is CN1CCCN(Cc2ccc(-c3cc4cc(F)cc(C(N)=O)c4o3)cc2)CC1.CO.COC(=O)c1cc(F)cc2cc(-c3ccc(CN4CCCN(C)CC4)cc3)oc12.N. The lowest BCUT2D eigenvalue weighted by Crippen LogP contribution is -2.28. The van der Waals surface area contributed by atoms with Gasteiger partial charge in [0.05, 0.1) is 12.7 Å². The monoisotopic (exact) mass is 826 g/mol. The number of benzene rings is 4. The molecule has 0 bridgehead atoms. The molecule has 0 aliphatic carbocycles. The highest BCUT2D eigenvalue weighted by molar-refractivity contribution is 6.05. The van der Waals surface area contributed by atoms with Crippen molar-refractivity contribution in [2.75, 3.05) is 80.7 Å². The molecule has 8 rings (SSSR count). The van der Waals surface area contributed by atoms with Crippen LogP contribution in [0.25, 0.3) is 44.6 Å². The Bertz CT molecular complexity index is 2350. The number of amides is 1. The number of nitrogens with two attached hydrogens (primary N) is 1. The van der Waals surface area contributed by atoms with Crippen LogP contribution in [0.5, 0.6) is 0 Å². The first-order valence-electron chi connectivity index (χ1n) is 19.8. The molecule has 0 atom stereocenters. The number of fused-ring (bicyclic) bond motifs is 2. The number of nitrogens with zero attached hydrogens (tertiary/aromatic N) is 4. The first-order valence-corrected chi connectivity index (χ1v) is 19.8. The number of primary amides is 1. The Labute approximate surface area is 349 Å². The van der Waals surface area contributed by atoms with Gasteiger partial charge in [-0.05, 0) is 101 Å². The minimum absolute atomic E-state index is 0. The highest BCUT2D eigenvalue weighted by Crippen LogP contribution is 2.33. The molecule has 2 aromatic heterocycles. The van der Waals surface area contributed by atoms with Crippen molar-refractivity contribution in [1.82, 2.24) is 25.8 Å². The third kappa shape index (κ3) is 11.4. The average Bonchev–Trinajstić information content (AvgIpc) is 3.73. The Morgan fingerprint density at radius 3 is 1.47 bits per heavy atom. The first kappa shape index (κ1) is 45.6. The molecule has 6 N–H and O–H groups in total. The molecule has 320 valence electrons. The van der Waals surface area contributed by atoms with Crippen LogP contribution in [-0.4, -0.2) is 117 Å². The van der Waals surface area contributed by atoms with E-state index in [1.165, 1.54) is 43.2 Å². The van der Waals surface area contributed by atoms with Crippen molar-refractivity contribution in [1.29, 1.82) is 0 Å². The predicted octanol–water partition coefficient (Wildman–Crippen LogP) is 7.41. The summed E-state index contributed by atoms with van der Waals surface area (Å²) in [5, 5.41) is 8.07. The largest absolute Gasteiger partial charge is 0.465 e. The molecular weight excluding hydrogens is 771 g/mol. The van der Waals surface area contributed by atoms with Crippen LogP contribution in [0.3, 0.4) is 0 Å². The van der Waals surface area contributed by atoms with Crippen LogP contribution >= 0.6 is 0 Å². The summed E-state index contributed by atoms with van der Waals surface area (Å²) in [4.78, 5) is 33.2. The number of aliphatic hydroxyl groups is 1. The Morgan fingerprint density at radius 1 is 0.633 bits per heavy atom. The zero-order valence-electron chi connectivity index (χ0n) is 34.9. The summed E-state index contributed by atoms with van der Waals surface area (Å²) in [6.07, 6.45) is 2.37. The van der Waals surface area contributed by atoms with Crippen LogP contribution in [-0.2, 0) is 17.8 Å². The number of methoxy groups -OCH3 is 1. The molecule has 4 heterocycles.